The molecule has 1 aromatic heterocycles. The lowest BCUT2D eigenvalue weighted by Crippen LogP contribution is -2.52. The normalized spacial score (nSPS) is 20.0. The van der Waals surface area contributed by atoms with E-state index >= 15 is 0 Å². The minimum atomic E-state index is -0.237. The van der Waals surface area contributed by atoms with Gasteiger partial charge in [-0.3, -0.25) is 0 Å². The summed E-state index contributed by atoms with van der Waals surface area (Å²) in [6.07, 6.45) is 5.38. The summed E-state index contributed by atoms with van der Waals surface area (Å²) >= 11 is 5.84. The monoisotopic (exact) mass is 339 g/mol. The van der Waals surface area contributed by atoms with Crippen molar-refractivity contribution < 1.29 is 4.79 Å². The molecule has 0 spiro atoms. The zero-order chi connectivity index (χ0) is 17.0. The molecule has 2 rings (SSSR count). The van der Waals surface area contributed by atoms with E-state index in [1.807, 2.05) is 20.8 Å². The first-order chi connectivity index (χ1) is 10.7. The van der Waals surface area contributed by atoms with Crippen LogP contribution < -0.4 is 15.5 Å². The molecule has 6 nitrogen and oxygen atoms in total. The van der Waals surface area contributed by atoms with Gasteiger partial charge in [0, 0.05) is 24.7 Å². The van der Waals surface area contributed by atoms with E-state index in [1.165, 1.54) is 0 Å². The van der Waals surface area contributed by atoms with Crippen LogP contribution >= 0.6 is 11.6 Å². The number of hydrogen-bond donors (Lipinski definition) is 2. The molecule has 1 saturated heterocycles. The van der Waals surface area contributed by atoms with Crippen LogP contribution in [-0.2, 0) is 0 Å². The Morgan fingerprint density at radius 2 is 2.04 bits per heavy atom. The number of anilines is 1. The van der Waals surface area contributed by atoms with E-state index < -0.39 is 0 Å². The quantitative estimate of drug-likeness (QED) is 0.888. The molecule has 128 valence electrons. The Balaban J connectivity index is 1.92. The summed E-state index contributed by atoms with van der Waals surface area (Å²) in [5.41, 5.74) is -0.237. The van der Waals surface area contributed by atoms with Crippen molar-refractivity contribution in [2.45, 2.75) is 52.1 Å². The van der Waals surface area contributed by atoms with Crippen molar-refractivity contribution in [1.82, 2.24) is 20.6 Å². The number of halogens is 1. The first-order valence-corrected chi connectivity index (χ1v) is 8.43. The molecule has 23 heavy (non-hydrogen) atoms. The van der Waals surface area contributed by atoms with Crippen molar-refractivity contribution in [3.8, 4) is 0 Å². The van der Waals surface area contributed by atoms with Gasteiger partial charge in [-0.25, -0.2) is 14.8 Å². The van der Waals surface area contributed by atoms with Gasteiger partial charge in [0.05, 0.1) is 17.4 Å². The number of amides is 2. The van der Waals surface area contributed by atoms with Crippen molar-refractivity contribution in [1.29, 1.82) is 0 Å². The zero-order valence-electron chi connectivity index (χ0n) is 14.3. The number of nitrogens with zero attached hydrogens (tertiary/aromatic N) is 3. The smallest absolute Gasteiger partial charge is 0.315 e. The summed E-state index contributed by atoms with van der Waals surface area (Å²) in [6, 6.07) is -0.0303. The predicted octanol–water partition coefficient (Wildman–Crippen LogP) is 2.83. The van der Waals surface area contributed by atoms with Crippen LogP contribution in [-0.4, -0.2) is 40.7 Å². The van der Waals surface area contributed by atoms with Gasteiger partial charge in [0.1, 0.15) is 0 Å². The third-order valence-corrected chi connectivity index (χ3v) is 4.10. The SMILES string of the molecule is C[C@@H](NC(=O)NC(C)(C)C)[C@@H]1CCCN(c2ncc(Cl)cn2)C1. The molecule has 1 aromatic rings. The maximum absolute atomic E-state index is 12.0. The molecule has 2 N–H and O–H groups in total. The lowest BCUT2D eigenvalue weighted by atomic mass is 9.92. The molecule has 0 saturated carbocycles. The Morgan fingerprint density at radius 3 is 2.65 bits per heavy atom. The fourth-order valence-corrected chi connectivity index (χ4v) is 2.87. The molecule has 2 amide bonds. The minimum Gasteiger partial charge on any atom is -0.340 e. The average molecular weight is 340 g/mol. The standard InChI is InChI=1S/C16H26ClN5O/c1-11(20-15(23)21-16(2,3)4)12-6-5-7-22(10-12)14-18-8-13(17)9-19-14/h8-9,11-12H,5-7,10H2,1-4H3,(H2,20,21,23)/t11-,12-/m1/s1. The topological polar surface area (TPSA) is 70.2 Å². The van der Waals surface area contributed by atoms with Crippen LogP contribution in [0.25, 0.3) is 0 Å². The van der Waals surface area contributed by atoms with Gasteiger partial charge in [-0.1, -0.05) is 11.6 Å². The summed E-state index contributed by atoms with van der Waals surface area (Å²) < 4.78 is 0. The van der Waals surface area contributed by atoms with Crippen LogP contribution in [0.4, 0.5) is 10.7 Å². The second-order valence-electron chi connectivity index (χ2n) is 7.19. The number of hydrogen-bond acceptors (Lipinski definition) is 4. The summed E-state index contributed by atoms with van der Waals surface area (Å²) in [5.74, 6) is 1.07. The zero-order valence-corrected chi connectivity index (χ0v) is 15.0. The van der Waals surface area contributed by atoms with Gasteiger partial charge in [-0.15, -0.1) is 0 Å². The van der Waals surface area contributed by atoms with E-state index in [-0.39, 0.29) is 17.6 Å². The number of nitrogens with one attached hydrogen (secondary N) is 2. The second kappa shape index (κ2) is 7.34. The maximum atomic E-state index is 12.0. The van der Waals surface area contributed by atoms with Crippen molar-refractivity contribution >= 4 is 23.6 Å². The van der Waals surface area contributed by atoms with Crippen molar-refractivity contribution in [3.05, 3.63) is 17.4 Å². The van der Waals surface area contributed by atoms with Crippen molar-refractivity contribution in [3.63, 3.8) is 0 Å². The van der Waals surface area contributed by atoms with Crippen LogP contribution in [0.2, 0.25) is 5.02 Å². The summed E-state index contributed by atoms with van der Waals surface area (Å²) in [7, 11) is 0. The molecule has 0 aromatic carbocycles. The van der Waals surface area contributed by atoms with Crippen molar-refractivity contribution in [2.24, 2.45) is 5.92 Å². The Bertz CT molecular complexity index is 528. The first-order valence-electron chi connectivity index (χ1n) is 8.06. The fraction of sp³-hybridized carbons (Fsp3) is 0.688. The number of piperidine rings is 1. The fourth-order valence-electron chi connectivity index (χ4n) is 2.77. The van der Waals surface area contributed by atoms with E-state index in [2.05, 4.69) is 32.4 Å². The Kier molecular flexibility index (Phi) is 5.68. The van der Waals surface area contributed by atoms with E-state index in [0.717, 1.165) is 25.9 Å². The highest BCUT2D eigenvalue weighted by Crippen LogP contribution is 2.23. The molecule has 1 fully saturated rings. The number of carbonyl (C=O) groups is 1. The molecule has 0 bridgehead atoms. The molecule has 1 aliphatic rings. The van der Waals surface area contributed by atoms with Gasteiger partial charge in [-0.05, 0) is 46.5 Å². The maximum Gasteiger partial charge on any atom is 0.315 e. The number of rotatable bonds is 3. The van der Waals surface area contributed by atoms with Crippen LogP contribution in [0.15, 0.2) is 12.4 Å². The minimum absolute atomic E-state index is 0.0902. The highest BCUT2D eigenvalue weighted by atomic mass is 35.5. The molecular formula is C16H26ClN5O. The highest BCUT2D eigenvalue weighted by molar-refractivity contribution is 6.30. The Hall–Kier alpha value is -1.56. The third kappa shape index (κ3) is 5.53. The van der Waals surface area contributed by atoms with Gasteiger partial charge in [0.15, 0.2) is 0 Å². The van der Waals surface area contributed by atoms with E-state index in [4.69, 9.17) is 11.6 Å². The Labute approximate surface area is 143 Å². The molecule has 0 aliphatic carbocycles. The lowest BCUT2D eigenvalue weighted by Gasteiger charge is -2.36. The van der Waals surface area contributed by atoms with Crippen LogP contribution in [0.3, 0.4) is 0 Å². The van der Waals surface area contributed by atoms with Gasteiger partial charge >= 0.3 is 6.03 Å². The molecule has 2 heterocycles. The molecule has 0 radical (unpaired) electrons. The van der Waals surface area contributed by atoms with Crippen LogP contribution in [0.5, 0.6) is 0 Å². The lowest BCUT2D eigenvalue weighted by molar-refractivity contribution is 0.221. The van der Waals surface area contributed by atoms with Gasteiger partial charge in [-0.2, -0.15) is 0 Å². The molecule has 7 heteroatoms. The van der Waals surface area contributed by atoms with Gasteiger partial charge < -0.3 is 15.5 Å². The number of aromatic nitrogens is 2. The third-order valence-electron chi connectivity index (χ3n) is 3.90. The van der Waals surface area contributed by atoms with Gasteiger partial charge in [0.25, 0.3) is 0 Å². The van der Waals surface area contributed by atoms with E-state index in [1.54, 1.807) is 12.4 Å². The largest absolute Gasteiger partial charge is 0.340 e. The molecule has 0 unspecified atom stereocenters. The van der Waals surface area contributed by atoms with Crippen LogP contribution in [0.1, 0.15) is 40.5 Å². The average Bonchev–Trinajstić information content (AvgIpc) is 2.46. The van der Waals surface area contributed by atoms with Crippen LogP contribution in [0, 0.1) is 5.92 Å². The predicted molar refractivity (Wildman–Crippen MR) is 92.9 cm³/mol. The summed E-state index contributed by atoms with van der Waals surface area (Å²) in [6.45, 7) is 9.73. The van der Waals surface area contributed by atoms with Crippen molar-refractivity contribution in [2.75, 3.05) is 18.0 Å². The molecular weight excluding hydrogens is 314 g/mol. The summed E-state index contributed by atoms with van der Waals surface area (Å²) in [4.78, 5) is 22.8. The number of urea groups is 1. The van der Waals surface area contributed by atoms with E-state index in [0.29, 0.717) is 16.9 Å². The Morgan fingerprint density at radius 1 is 1.39 bits per heavy atom. The van der Waals surface area contributed by atoms with Gasteiger partial charge in [0.2, 0.25) is 5.95 Å². The number of carbonyl (C=O) groups excluding carboxylic acids is 1. The summed E-state index contributed by atoms with van der Waals surface area (Å²) in [5, 5.41) is 6.52. The highest BCUT2D eigenvalue weighted by Gasteiger charge is 2.27. The molecule has 1 aliphatic heterocycles. The second-order valence-corrected chi connectivity index (χ2v) is 7.62. The first kappa shape index (κ1) is 17.8. The molecule has 2 atom stereocenters. The van der Waals surface area contributed by atoms with E-state index in [9.17, 15) is 4.79 Å².